The van der Waals surface area contributed by atoms with Crippen molar-refractivity contribution in [3.63, 3.8) is 0 Å². The maximum atomic E-state index is 12.9. The minimum Gasteiger partial charge on any atom is -0.350 e. The predicted octanol–water partition coefficient (Wildman–Crippen LogP) is 4.41. The minimum absolute atomic E-state index is 0.0633. The molecular weight excluding hydrogens is 407 g/mol. The maximum absolute atomic E-state index is 12.9. The number of alkyl halides is 3. The second kappa shape index (κ2) is 8.49. The molecule has 2 N–H and O–H groups in total. The second-order valence-electron chi connectivity index (χ2n) is 7.32. The number of benzene rings is 2. The number of hydrogen-bond acceptors (Lipinski definition) is 5. The molecule has 0 bridgehead atoms. The molecule has 1 aliphatic heterocycles. The van der Waals surface area contributed by atoms with Crippen LogP contribution in [-0.2, 0) is 17.9 Å². The van der Waals surface area contributed by atoms with Crippen molar-refractivity contribution < 1.29 is 23.1 Å². The van der Waals surface area contributed by atoms with Gasteiger partial charge in [-0.2, -0.15) is 13.2 Å². The number of aliphatic hydroxyl groups is 1. The quantitative estimate of drug-likeness (QED) is 0.612. The van der Waals surface area contributed by atoms with E-state index in [0.29, 0.717) is 18.7 Å². The van der Waals surface area contributed by atoms with Crippen LogP contribution < -0.4 is 5.32 Å². The highest BCUT2D eigenvalue weighted by Crippen LogP contribution is 2.39. The Balaban J connectivity index is 1.34. The third kappa shape index (κ3) is 4.76. The molecule has 160 valence electrons. The van der Waals surface area contributed by atoms with E-state index < -0.39 is 18.4 Å². The largest absolute Gasteiger partial charge is 0.458 e. The maximum Gasteiger partial charge on any atom is 0.458 e. The fraction of sp³-hybridized carbons (Fsp3) is 0.217. The number of halogens is 3. The Morgan fingerprint density at radius 3 is 2.26 bits per heavy atom. The summed E-state index contributed by atoms with van der Waals surface area (Å²) in [6, 6.07) is 19.1. The molecule has 0 saturated heterocycles. The number of aromatic nitrogens is 1. The van der Waals surface area contributed by atoms with Crippen molar-refractivity contribution >= 4 is 5.71 Å². The summed E-state index contributed by atoms with van der Waals surface area (Å²) in [5.74, 6) is -3.26. The molecule has 31 heavy (non-hydrogen) atoms. The summed E-state index contributed by atoms with van der Waals surface area (Å²) in [5.41, 5.74) is 4.75. The highest BCUT2D eigenvalue weighted by Gasteiger charge is 2.60. The smallest absolute Gasteiger partial charge is 0.350 e. The van der Waals surface area contributed by atoms with E-state index in [1.165, 1.54) is 0 Å². The van der Waals surface area contributed by atoms with Crippen LogP contribution in [0.5, 0.6) is 0 Å². The van der Waals surface area contributed by atoms with Crippen molar-refractivity contribution in [2.24, 2.45) is 5.16 Å². The van der Waals surface area contributed by atoms with Gasteiger partial charge in [0.1, 0.15) is 0 Å². The van der Waals surface area contributed by atoms with E-state index in [-0.39, 0.29) is 5.71 Å². The van der Waals surface area contributed by atoms with Gasteiger partial charge < -0.3 is 15.3 Å². The molecule has 1 aliphatic rings. The van der Waals surface area contributed by atoms with Crippen LogP contribution in [0.1, 0.15) is 23.1 Å². The summed E-state index contributed by atoms with van der Waals surface area (Å²) in [6.07, 6.45) is -2.14. The zero-order valence-corrected chi connectivity index (χ0v) is 16.4. The van der Waals surface area contributed by atoms with Gasteiger partial charge in [0.15, 0.2) is 0 Å². The standard InChI is InChI=1S/C23H20F3N3O2/c24-23(25,26)22(30)13-21(29-31-22)20-3-1-2-17(12-20)15-28-14-16-4-6-18(7-5-16)19-8-10-27-11-9-19/h1-12,28,30H,13-15H2. The number of hydrogen-bond donors (Lipinski definition) is 2. The molecule has 0 amide bonds. The Morgan fingerprint density at radius 1 is 0.903 bits per heavy atom. The molecule has 0 aliphatic carbocycles. The van der Waals surface area contributed by atoms with Crippen LogP contribution in [0.15, 0.2) is 78.2 Å². The first-order valence-corrected chi connectivity index (χ1v) is 9.68. The van der Waals surface area contributed by atoms with Crippen molar-refractivity contribution in [1.82, 2.24) is 10.3 Å². The lowest BCUT2D eigenvalue weighted by atomic mass is 10.0. The van der Waals surface area contributed by atoms with E-state index in [1.54, 1.807) is 30.6 Å². The Labute approximate surface area is 177 Å². The first-order chi connectivity index (χ1) is 14.8. The average Bonchev–Trinajstić information content (AvgIpc) is 3.19. The molecule has 0 spiro atoms. The summed E-state index contributed by atoms with van der Waals surface area (Å²) >= 11 is 0. The molecule has 8 heteroatoms. The molecule has 4 rings (SSSR count). The summed E-state index contributed by atoms with van der Waals surface area (Å²) in [5, 5.41) is 16.4. The first kappa shape index (κ1) is 21.0. The van der Waals surface area contributed by atoms with Crippen molar-refractivity contribution in [3.05, 3.63) is 89.7 Å². The molecule has 0 fully saturated rings. The van der Waals surface area contributed by atoms with E-state index in [2.05, 4.69) is 20.3 Å². The number of oxime groups is 1. The Kier molecular flexibility index (Phi) is 5.75. The van der Waals surface area contributed by atoms with Gasteiger partial charge in [0.05, 0.1) is 12.1 Å². The Hall–Kier alpha value is -3.23. The lowest BCUT2D eigenvalue weighted by Crippen LogP contribution is -2.45. The fourth-order valence-electron chi connectivity index (χ4n) is 3.30. The van der Waals surface area contributed by atoms with Crippen LogP contribution >= 0.6 is 0 Å². The lowest BCUT2D eigenvalue weighted by Gasteiger charge is -2.22. The molecular formula is C23H20F3N3O2. The third-order valence-corrected chi connectivity index (χ3v) is 5.04. The summed E-state index contributed by atoms with van der Waals surface area (Å²) in [6.45, 7) is 1.16. The molecule has 1 aromatic heterocycles. The zero-order valence-electron chi connectivity index (χ0n) is 16.4. The van der Waals surface area contributed by atoms with Gasteiger partial charge in [-0.15, -0.1) is 0 Å². The van der Waals surface area contributed by atoms with Crippen LogP contribution in [0.2, 0.25) is 0 Å². The van der Waals surface area contributed by atoms with E-state index in [0.717, 1.165) is 22.3 Å². The van der Waals surface area contributed by atoms with Gasteiger partial charge in [0, 0.05) is 25.5 Å². The van der Waals surface area contributed by atoms with Crippen molar-refractivity contribution in [3.8, 4) is 11.1 Å². The number of rotatable bonds is 6. The molecule has 1 unspecified atom stereocenters. The number of nitrogens with one attached hydrogen (secondary N) is 1. The van der Waals surface area contributed by atoms with Gasteiger partial charge >= 0.3 is 12.0 Å². The SMILES string of the molecule is OC1(C(F)(F)F)CC(c2cccc(CNCc3ccc(-c4ccncc4)cc3)c2)=NO1. The minimum atomic E-state index is -4.91. The molecule has 0 radical (unpaired) electrons. The van der Waals surface area contributed by atoms with Gasteiger partial charge in [-0.3, -0.25) is 4.98 Å². The number of pyridine rings is 1. The first-order valence-electron chi connectivity index (χ1n) is 9.68. The molecule has 1 atom stereocenters. The highest BCUT2D eigenvalue weighted by atomic mass is 19.4. The zero-order chi connectivity index (χ0) is 21.9. The molecule has 3 aromatic rings. The molecule has 2 aromatic carbocycles. The monoisotopic (exact) mass is 427 g/mol. The molecule has 0 saturated carbocycles. The topological polar surface area (TPSA) is 66.7 Å². The van der Waals surface area contributed by atoms with E-state index in [4.69, 9.17) is 0 Å². The lowest BCUT2D eigenvalue weighted by molar-refractivity contribution is -0.355. The van der Waals surface area contributed by atoms with Crippen LogP contribution in [0.4, 0.5) is 13.2 Å². The van der Waals surface area contributed by atoms with Gasteiger partial charge in [0.25, 0.3) is 0 Å². The normalized spacial score (nSPS) is 18.5. The summed E-state index contributed by atoms with van der Waals surface area (Å²) in [4.78, 5) is 8.31. The number of nitrogens with zero attached hydrogens (tertiary/aromatic N) is 2. The van der Waals surface area contributed by atoms with Crippen molar-refractivity contribution in [2.45, 2.75) is 31.5 Å². The van der Waals surface area contributed by atoms with E-state index in [1.807, 2.05) is 42.5 Å². The van der Waals surface area contributed by atoms with E-state index >= 15 is 0 Å². The Bertz CT molecular complexity index is 1070. The van der Waals surface area contributed by atoms with Crippen LogP contribution in [0.25, 0.3) is 11.1 Å². The highest BCUT2D eigenvalue weighted by molar-refractivity contribution is 6.01. The Morgan fingerprint density at radius 2 is 1.58 bits per heavy atom. The molecule has 5 nitrogen and oxygen atoms in total. The van der Waals surface area contributed by atoms with Gasteiger partial charge in [-0.05, 0) is 46.0 Å². The predicted molar refractivity (Wildman–Crippen MR) is 110 cm³/mol. The average molecular weight is 427 g/mol. The second-order valence-corrected chi connectivity index (χ2v) is 7.32. The van der Waals surface area contributed by atoms with E-state index in [9.17, 15) is 18.3 Å². The third-order valence-electron chi connectivity index (χ3n) is 5.04. The summed E-state index contributed by atoms with van der Waals surface area (Å²) in [7, 11) is 0. The summed E-state index contributed by atoms with van der Waals surface area (Å²) < 4.78 is 38.7. The van der Waals surface area contributed by atoms with Gasteiger partial charge in [0.2, 0.25) is 0 Å². The van der Waals surface area contributed by atoms with Crippen LogP contribution in [0.3, 0.4) is 0 Å². The molecule has 2 heterocycles. The van der Waals surface area contributed by atoms with Crippen molar-refractivity contribution in [2.75, 3.05) is 0 Å². The fourth-order valence-corrected chi connectivity index (χ4v) is 3.30. The van der Waals surface area contributed by atoms with Gasteiger partial charge in [-0.25, -0.2) is 0 Å². The van der Waals surface area contributed by atoms with Crippen LogP contribution in [-0.4, -0.2) is 27.8 Å². The van der Waals surface area contributed by atoms with Crippen LogP contribution in [0, 0.1) is 0 Å². The van der Waals surface area contributed by atoms with Gasteiger partial charge in [-0.1, -0.05) is 47.6 Å². The van der Waals surface area contributed by atoms with Crippen molar-refractivity contribution in [1.29, 1.82) is 0 Å².